The van der Waals surface area contributed by atoms with Gasteiger partial charge >= 0.3 is 0 Å². The quantitative estimate of drug-likeness (QED) is 0.893. The van der Waals surface area contributed by atoms with E-state index in [1.54, 1.807) is 29.2 Å². The molecule has 1 atom stereocenters. The number of carbonyl (C=O) groups is 1. The fourth-order valence-corrected chi connectivity index (χ4v) is 3.90. The number of rotatable bonds is 4. The summed E-state index contributed by atoms with van der Waals surface area (Å²) < 4.78 is 7.04. The van der Waals surface area contributed by atoms with Crippen LogP contribution in [0.15, 0.2) is 41.5 Å². The SMILES string of the molecule is O=C(NC1CCC(n2nc(-c3cccnc3)ccc2=O)CC1)C1CCCO1. The van der Waals surface area contributed by atoms with Gasteiger partial charge in [0.15, 0.2) is 0 Å². The van der Waals surface area contributed by atoms with Gasteiger partial charge in [-0.05, 0) is 56.7 Å². The molecule has 0 radical (unpaired) electrons. The summed E-state index contributed by atoms with van der Waals surface area (Å²) in [6.07, 6.45) is 8.25. The molecule has 0 aromatic carbocycles. The van der Waals surface area contributed by atoms with Gasteiger partial charge < -0.3 is 10.1 Å². The summed E-state index contributed by atoms with van der Waals surface area (Å²) >= 11 is 0. The van der Waals surface area contributed by atoms with E-state index in [-0.39, 0.29) is 29.7 Å². The molecule has 1 saturated heterocycles. The van der Waals surface area contributed by atoms with Crippen molar-refractivity contribution < 1.29 is 9.53 Å². The van der Waals surface area contributed by atoms with Crippen molar-refractivity contribution in [1.82, 2.24) is 20.1 Å². The van der Waals surface area contributed by atoms with E-state index in [9.17, 15) is 9.59 Å². The van der Waals surface area contributed by atoms with E-state index in [0.29, 0.717) is 6.61 Å². The molecule has 7 heteroatoms. The maximum Gasteiger partial charge on any atom is 0.267 e. The Kier molecular flexibility index (Phi) is 5.29. The highest BCUT2D eigenvalue weighted by Crippen LogP contribution is 2.28. The third-order valence-corrected chi connectivity index (χ3v) is 5.39. The van der Waals surface area contributed by atoms with E-state index in [2.05, 4.69) is 15.4 Å². The molecule has 2 aromatic heterocycles. The van der Waals surface area contributed by atoms with Crippen LogP contribution in [0.3, 0.4) is 0 Å². The lowest BCUT2D eigenvalue weighted by Crippen LogP contribution is -2.43. The molecule has 2 aliphatic rings. The number of hydrogen-bond donors (Lipinski definition) is 1. The van der Waals surface area contributed by atoms with Gasteiger partial charge in [0.25, 0.3) is 5.56 Å². The van der Waals surface area contributed by atoms with Gasteiger partial charge in [0.2, 0.25) is 5.91 Å². The van der Waals surface area contributed by atoms with Gasteiger partial charge in [-0.1, -0.05) is 0 Å². The van der Waals surface area contributed by atoms with Crippen molar-refractivity contribution in [3.8, 4) is 11.3 Å². The zero-order valence-electron chi connectivity index (χ0n) is 15.2. The first-order chi connectivity index (χ1) is 13.2. The Hall–Kier alpha value is -2.54. The molecule has 1 unspecified atom stereocenters. The van der Waals surface area contributed by atoms with E-state index in [0.717, 1.165) is 49.8 Å². The van der Waals surface area contributed by atoms with Crippen LogP contribution < -0.4 is 10.9 Å². The zero-order valence-corrected chi connectivity index (χ0v) is 15.2. The molecule has 1 aliphatic carbocycles. The molecule has 1 amide bonds. The standard InChI is InChI=1S/C20H24N4O3/c25-19-10-9-17(14-3-1-11-21-13-14)23-24(19)16-7-5-15(6-8-16)22-20(26)18-4-2-12-27-18/h1,3,9-11,13,15-16,18H,2,4-8,12H2,(H,22,26). The first-order valence-electron chi connectivity index (χ1n) is 9.63. The third-order valence-electron chi connectivity index (χ3n) is 5.39. The lowest BCUT2D eigenvalue weighted by molar-refractivity contribution is -0.131. The molecule has 1 aliphatic heterocycles. The van der Waals surface area contributed by atoms with E-state index in [1.807, 2.05) is 12.1 Å². The third kappa shape index (κ3) is 4.08. The minimum atomic E-state index is -0.289. The largest absolute Gasteiger partial charge is 0.368 e. The maximum atomic E-state index is 12.3. The number of hydrogen-bond acceptors (Lipinski definition) is 5. The van der Waals surface area contributed by atoms with Gasteiger partial charge in [-0.25, -0.2) is 4.68 Å². The Balaban J connectivity index is 1.40. The van der Waals surface area contributed by atoms with Crippen LogP contribution in [0.4, 0.5) is 0 Å². The van der Waals surface area contributed by atoms with Gasteiger partial charge in [0.05, 0.1) is 11.7 Å². The molecule has 4 rings (SSSR count). The van der Waals surface area contributed by atoms with Crippen LogP contribution in [0.1, 0.15) is 44.6 Å². The zero-order chi connectivity index (χ0) is 18.6. The Bertz CT molecular complexity index is 838. The number of amides is 1. The van der Waals surface area contributed by atoms with Crippen LogP contribution in [0.25, 0.3) is 11.3 Å². The predicted octanol–water partition coefficient (Wildman–Crippen LogP) is 2.08. The monoisotopic (exact) mass is 368 g/mol. The molecule has 27 heavy (non-hydrogen) atoms. The van der Waals surface area contributed by atoms with E-state index in [4.69, 9.17) is 4.74 Å². The van der Waals surface area contributed by atoms with E-state index in [1.165, 1.54) is 0 Å². The molecular weight excluding hydrogens is 344 g/mol. The number of nitrogens with one attached hydrogen (secondary N) is 1. The molecule has 0 spiro atoms. The fraction of sp³-hybridized carbons (Fsp3) is 0.500. The number of ether oxygens (including phenoxy) is 1. The minimum absolute atomic E-state index is 0.00446. The smallest absolute Gasteiger partial charge is 0.267 e. The highest BCUT2D eigenvalue weighted by Gasteiger charge is 2.29. The van der Waals surface area contributed by atoms with Crippen molar-refractivity contribution in [3.05, 3.63) is 47.0 Å². The summed E-state index contributed by atoms with van der Waals surface area (Å²) in [5.74, 6) is 0.00446. The summed E-state index contributed by atoms with van der Waals surface area (Å²) in [5.41, 5.74) is 1.55. The van der Waals surface area contributed by atoms with Crippen LogP contribution in [-0.2, 0) is 9.53 Å². The lowest BCUT2D eigenvalue weighted by atomic mass is 9.91. The Morgan fingerprint density at radius 1 is 1.15 bits per heavy atom. The van der Waals surface area contributed by atoms with Crippen molar-refractivity contribution in [2.24, 2.45) is 0 Å². The molecule has 1 saturated carbocycles. The topological polar surface area (TPSA) is 86.1 Å². The van der Waals surface area contributed by atoms with Crippen LogP contribution in [0, 0.1) is 0 Å². The maximum absolute atomic E-state index is 12.3. The summed E-state index contributed by atoms with van der Waals surface area (Å²) in [4.78, 5) is 28.7. The highest BCUT2D eigenvalue weighted by molar-refractivity contribution is 5.81. The molecule has 3 heterocycles. The van der Waals surface area contributed by atoms with Gasteiger partial charge in [0.1, 0.15) is 6.10 Å². The van der Waals surface area contributed by atoms with Crippen molar-refractivity contribution in [2.45, 2.75) is 56.7 Å². The van der Waals surface area contributed by atoms with Crippen LogP contribution in [0.5, 0.6) is 0 Å². The van der Waals surface area contributed by atoms with Gasteiger partial charge in [-0.2, -0.15) is 5.10 Å². The molecule has 0 bridgehead atoms. The molecular formula is C20H24N4O3. The second-order valence-corrected chi connectivity index (χ2v) is 7.26. The summed E-state index contributed by atoms with van der Waals surface area (Å²) in [7, 11) is 0. The van der Waals surface area contributed by atoms with Crippen LogP contribution in [0.2, 0.25) is 0 Å². The predicted molar refractivity (Wildman–Crippen MR) is 100 cm³/mol. The molecule has 1 N–H and O–H groups in total. The second kappa shape index (κ2) is 8.00. The van der Waals surface area contributed by atoms with Gasteiger partial charge in [-0.3, -0.25) is 14.6 Å². The normalized spacial score (nSPS) is 25.3. The summed E-state index contributed by atoms with van der Waals surface area (Å²) in [5, 5.41) is 7.68. The average Bonchev–Trinajstić information content (AvgIpc) is 3.25. The van der Waals surface area contributed by atoms with Crippen molar-refractivity contribution >= 4 is 5.91 Å². The Morgan fingerprint density at radius 2 is 2.00 bits per heavy atom. The van der Waals surface area contributed by atoms with Crippen molar-refractivity contribution in [1.29, 1.82) is 0 Å². The Labute approximate surface area is 157 Å². The number of nitrogens with zero attached hydrogens (tertiary/aromatic N) is 3. The summed E-state index contributed by atoms with van der Waals surface area (Å²) in [6, 6.07) is 7.31. The molecule has 2 aromatic rings. The summed E-state index contributed by atoms with van der Waals surface area (Å²) in [6.45, 7) is 0.673. The highest BCUT2D eigenvalue weighted by atomic mass is 16.5. The minimum Gasteiger partial charge on any atom is -0.368 e. The van der Waals surface area contributed by atoms with Crippen LogP contribution >= 0.6 is 0 Å². The van der Waals surface area contributed by atoms with E-state index < -0.39 is 0 Å². The first-order valence-corrected chi connectivity index (χ1v) is 9.63. The number of aromatic nitrogens is 3. The lowest BCUT2D eigenvalue weighted by Gasteiger charge is -2.30. The average molecular weight is 368 g/mol. The van der Waals surface area contributed by atoms with Crippen LogP contribution in [-0.4, -0.2) is 39.4 Å². The van der Waals surface area contributed by atoms with Crippen molar-refractivity contribution in [2.75, 3.05) is 6.61 Å². The number of pyridine rings is 1. The van der Waals surface area contributed by atoms with E-state index >= 15 is 0 Å². The number of carbonyl (C=O) groups excluding carboxylic acids is 1. The molecule has 7 nitrogen and oxygen atoms in total. The second-order valence-electron chi connectivity index (χ2n) is 7.26. The molecule has 142 valence electrons. The fourth-order valence-electron chi connectivity index (χ4n) is 3.90. The Morgan fingerprint density at radius 3 is 2.70 bits per heavy atom. The van der Waals surface area contributed by atoms with Gasteiger partial charge in [0, 0.05) is 36.7 Å². The van der Waals surface area contributed by atoms with Gasteiger partial charge in [-0.15, -0.1) is 0 Å². The first kappa shape index (κ1) is 17.9. The molecule has 2 fully saturated rings. The van der Waals surface area contributed by atoms with Crippen molar-refractivity contribution in [3.63, 3.8) is 0 Å².